The number of hydrogen-bond donors (Lipinski definition) is 2. The van der Waals surface area contributed by atoms with E-state index in [1.165, 1.54) is 25.3 Å². The predicted molar refractivity (Wildman–Crippen MR) is 132 cm³/mol. The van der Waals surface area contributed by atoms with Crippen LogP contribution in [-0.2, 0) is 21.2 Å². The van der Waals surface area contributed by atoms with Gasteiger partial charge < -0.3 is 14.8 Å². The summed E-state index contributed by atoms with van der Waals surface area (Å²) in [5.74, 6) is 0.367. The first kappa shape index (κ1) is 25.6. The Bertz CT molecular complexity index is 1220. The lowest BCUT2D eigenvalue weighted by atomic mass is 10.0. The van der Waals surface area contributed by atoms with E-state index in [-0.39, 0.29) is 28.1 Å². The highest BCUT2D eigenvalue weighted by molar-refractivity contribution is 7.89. The molecule has 1 amide bonds. The number of ether oxygens (including phenoxy) is 2. The number of amides is 1. The number of rotatable bonds is 10. The van der Waals surface area contributed by atoms with Gasteiger partial charge in [-0.2, -0.15) is 4.72 Å². The summed E-state index contributed by atoms with van der Waals surface area (Å²) < 4.78 is 39.4. The third kappa shape index (κ3) is 6.50. The zero-order valence-corrected chi connectivity index (χ0v) is 20.7. The molecule has 180 valence electrons. The van der Waals surface area contributed by atoms with Crippen molar-refractivity contribution in [1.82, 2.24) is 10.0 Å². The van der Waals surface area contributed by atoms with Crippen molar-refractivity contribution in [2.45, 2.75) is 30.3 Å². The third-order valence-electron chi connectivity index (χ3n) is 5.29. The van der Waals surface area contributed by atoms with Crippen LogP contribution in [0.15, 0.2) is 77.7 Å². The van der Waals surface area contributed by atoms with Gasteiger partial charge in [-0.15, -0.1) is 0 Å². The van der Waals surface area contributed by atoms with Crippen molar-refractivity contribution in [2.75, 3.05) is 14.2 Å². The Morgan fingerprint density at radius 1 is 0.971 bits per heavy atom. The smallest absolute Gasteiger partial charge is 0.245 e. The maximum Gasteiger partial charge on any atom is 0.245 e. The highest BCUT2D eigenvalue weighted by atomic mass is 35.5. The number of methoxy groups -OCH3 is 2. The molecule has 3 aromatic rings. The molecule has 0 bridgehead atoms. The standard InChI is InChI=1S/C25H27ClN2O5S/c1-17(19-9-12-21(32-2)13-10-19)27-25(29)22(15-18-7-5-4-6-8-18)28-34(30,31)24-16-20(26)11-14-23(24)33-3/h4-14,16-17,22,28H,15H2,1-3H3,(H,27,29)/t17-,22+/m1/s1. The lowest BCUT2D eigenvalue weighted by Crippen LogP contribution is -2.48. The Morgan fingerprint density at radius 3 is 2.26 bits per heavy atom. The molecule has 2 atom stereocenters. The molecule has 7 nitrogen and oxygen atoms in total. The molecule has 0 radical (unpaired) electrons. The summed E-state index contributed by atoms with van der Waals surface area (Å²) in [5, 5.41) is 3.14. The summed E-state index contributed by atoms with van der Waals surface area (Å²) in [6, 6.07) is 19.3. The number of carbonyl (C=O) groups excluding carboxylic acids is 1. The van der Waals surface area contributed by atoms with Crippen LogP contribution in [0.1, 0.15) is 24.1 Å². The summed E-state index contributed by atoms with van der Waals surface area (Å²) in [7, 11) is -1.19. The number of nitrogens with one attached hydrogen (secondary N) is 2. The number of carbonyl (C=O) groups is 1. The molecule has 0 aromatic heterocycles. The molecule has 0 aliphatic carbocycles. The monoisotopic (exact) mass is 502 g/mol. The molecule has 0 fully saturated rings. The minimum Gasteiger partial charge on any atom is -0.497 e. The second-order valence-corrected chi connectivity index (χ2v) is 9.78. The highest BCUT2D eigenvalue weighted by Gasteiger charge is 2.29. The minimum absolute atomic E-state index is 0.127. The summed E-state index contributed by atoms with van der Waals surface area (Å²) in [5.41, 5.74) is 1.66. The summed E-state index contributed by atoms with van der Waals surface area (Å²) >= 11 is 6.03. The first-order valence-corrected chi connectivity index (χ1v) is 12.4. The van der Waals surface area contributed by atoms with E-state index in [1.54, 1.807) is 19.2 Å². The van der Waals surface area contributed by atoms with E-state index in [0.29, 0.717) is 5.75 Å². The van der Waals surface area contributed by atoms with E-state index >= 15 is 0 Å². The highest BCUT2D eigenvalue weighted by Crippen LogP contribution is 2.27. The summed E-state index contributed by atoms with van der Waals surface area (Å²) in [6.45, 7) is 1.83. The van der Waals surface area contributed by atoms with E-state index in [1.807, 2.05) is 49.4 Å². The molecule has 3 aromatic carbocycles. The van der Waals surface area contributed by atoms with Gasteiger partial charge in [-0.05, 0) is 54.8 Å². The van der Waals surface area contributed by atoms with Crippen molar-refractivity contribution in [3.63, 3.8) is 0 Å². The average molecular weight is 503 g/mol. The van der Waals surface area contributed by atoms with Gasteiger partial charge in [0.2, 0.25) is 15.9 Å². The van der Waals surface area contributed by atoms with Crippen LogP contribution in [0.25, 0.3) is 0 Å². The zero-order chi connectivity index (χ0) is 24.7. The fourth-order valence-corrected chi connectivity index (χ4v) is 5.07. The van der Waals surface area contributed by atoms with Crippen LogP contribution in [0.4, 0.5) is 0 Å². The van der Waals surface area contributed by atoms with Crippen molar-refractivity contribution in [2.24, 2.45) is 0 Å². The SMILES string of the molecule is COc1ccc([C@@H](C)NC(=O)[C@H](Cc2ccccc2)NS(=O)(=O)c2cc(Cl)ccc2OC)cc1. The van der Waals surface area contributed by atoms with Crippen LogP contribution >= 0.6 is 11.6 Å². The Morgan fingerprint density at radius 2 is 1.65 bits per heavy atom. The van der Waals surface area contributed by atoms with E-state index in [9.17, 15) is 13.2 Å². The molecule has 0 saturated heterocycles. The average Bonchev–Trinajstić information content (AvgIpc) is 2.84. The fraction of sp³-hybridized carbons (Fsp3) is 0.240. The van der Waals surface area contributed by atoms with Gasteiger partial charge in [-0.25, -0.2) is 8.42 Å². The molecular weight excluding hydrogens is 476 g/mol. The van der Waals surface area contributed by atoms with Gasteiger partial charge in [-0.3, -0.25) is 4.79 Å². The van der Waals surface area contributed by atoms with Crippen molar-refractivity contribution < 1.29 is 22.7 Å². The van der Waals surface area contributed by atoms with E-state index < -0.39 is 22.0 Å². The van der Waals surface area contributed by atoms with Gasteiger partial charge in [-0.1, -0.05) is 54.1 Å². The lowest BCUT2D eigenvalue weighted by Gasteiger charge is -2.22. The van der Waals surface area contributed by atoms with Gasteiger partial charge in [0.15, 0.2) is 0 Å². The number of halogens is 1. The molecular formula is C25H27ClN2O5S. The first-order valence-electron chi connectivity index (χ1n) is 10.6. The van der Waals surface area contributed by atoms with Crippen LogP contribution in [0, 0.1) is 0 Å². The Hall–Kier alpha value is -3.07. The molecule has 0 unspecified atom stereocenters. The zero-order valence-electron chi connectivity index (χ0n) is 19.1. The summed E-state index contributed by atoms with van der Waals surface area (Å²) in [6.07, 6.45) is 0.157. The molecule has 9 heteroatoms. The van der Waals surface area contributed by atoms with Crippen molar-refractivity contribution in [3.05, 3.63) is 88.9 Å². The maximum absolute atomic E-state index is 13.3. The quantitative estimate of drug-likeness (QED) is 0.435. The van der Waals surface area contributed by atoms with Gasteiger partial charge in [0, 0.05) is 5.02 Å². The Kier molecular flexibility index (Phi) is 8.55. The van der Waals surface area contributed by atoms with Crippen molar-refractivity contribution in [3.8, 4) is 11.5 Å². The fourth-order valence-electron chi connectivity index (χ4n) is 3.44. The van der Waals surface area contributed by atoms with Crippen molar-refractivity contribution >= 4 is 27.5 Å². The van der Waals surface area contributed by atoms with Crippen molar-refractivity contribution in [1.29, 1.82) is 0 Å². The summed E-state index contributed by atoms with van der Waals surface area (Å²) in [4.78, 5) is 13.1. The van der Waals surface area contributed by atoms with E-state index in [0.717, 1.165) is 11.1 Å². The maximum atomic E-state index is 13.3. The van der Waals surface area contributed by atoms with Gasteiger partial charge in [0.25, 0.3) is 0 Å². The third-order valence-corrected chi connectivity index (χ3v) is 7.01. The number of hydrogen-bond acceptors (Lipinski definition) is 5. The van der Waals surface area contributed by atoms with Crippen LogP contribution in [0.3, 0.4) is 0 Å². The molecule has 0 aliphatic rings. The van der Waals surface area contributed by atoms with E-state index in [2.05, 4.69) is 10.0 Å². The molecule has 0 aliphatic heterocycles. The molecule has 3 rings (SSSR count). The molecule has 0 heterocycles. The van der Waals surface area contributed by atoms with Crippen LogP contribution in [0.5, 0.6) is 11.5 Å². The van der Waals surface area contributed by atoms with Gasteiger partial charge in [0.05, 0.1) is 20.3 Å². The van der Waals surface area contributed by atoms with Gasteiger partial charge >= 0.3 is 0 Å². The minimum atomic E-state index is -4.14. The Labute approximate surface area is 205 Å². The normalized spacial score (nSPS) is 13.1. The first-order chi connectivity index (χ1) is 16.2. The molecule has 34 heavy (non-hydrogen) atoms. The second-order valence-electron chi connectivity index (χ2n) is 7.66. The molecule has 0 spiro atoms. The van der Waals surface area contributed by atoms with Crippen LogP contribution in [0.2, 0.25) is 5.02 Å². The number of sulfonamides is 1. The Balaban J connectivity index is 1.87. The topological polar surface area (TPSA) is 93.7 Å². The predicted octanol–water partition coefficient (Wildman–Crippen LogP) is 4.12. The lowest BCUT2D eigenvalue weighted by molar-refractivity contribution is -0.123. The van der Waals surface area contributed by atoms with Crippen LogP contribution < -0.4 is 19.5 Å². The second kappa shape index (κ2) is 11.4. The molecule has 2 N–H and O–H groups in total. The van der Waals surface area contributed by atoms with Crippen LogP contribution in [-0.4, -0.2) is 34.6 Å². The number of benzene rings is 3. The van der Waals surface area contributed by atoms with Gasteiger partial charge in [0.1, 0.15) is 22.4 Å². The molecule has 0 saturated carbocycles. The van der Waals surface area contributed by atoms with E-state index in [4.69, 9.17) is 21.1 Å². The largest absolute Gasteiger partial charge is 0.497 e.